The summed E-state index contributed by atoms with van der Waals surface area (Å²) in [7, 11) is 0. The minimum absolute atomic E-state index is 0.699. The molecule has 5 aromatic heterocycles. The Morgan fingerprint density at radius 2 is 1.33 bits per heavy atom. The highest BCUT2D eigenvalue weighted by atomic mass is 15.0. The van der Waals surface area contributed by atoms with Crippen LogP contribution in [-0.2, 0) is 0 Å². The predicted molar refractivity (Wildman–Crippen MR) is 155 cm³/mol. The van der Waals surface area contributed by atoms with Gasteiger partial charge in [0.2, 0.25) is 0 Å². The number of aryl methyl sites for hydroxylation is 2. The summed E-state index contributed by atoms with van der Waals surface area (Å²) in [6.07, 6.45) is 3.86. The van der Waals surface area contributed by atoms with E-state index in [2.05, 4.69) is 65.8 Å². The van der Waals surface area contributed by atoms with Crippen molar-refractivity contribution in [3.8, 4) is 45.3 Å². The highest BCUT2D eigenvalue weighted by Crippen LogP contribution is 2.32. The number of rotatable bonds is 4. The standard InChI is InChI=1S/C33H24N6/c1-21-14-17-26-29(19-21)37-32(31(36-26)27-11-6-7-18-34-27)28-13-8-12-25(35-28)24-16-15-22(2)39-20-30(38-33(24)39)23-9-4-3-5-10-23/h3-20H,1-2H3. The van der Waals surface area contributed by atoms with Gasteiger partial charge in [0.05, 0.1) is 33.8 Å². The van der Waals surface area contributed by atoms with Crippen LogP contribution in [0.5, 0.6) is 0 Å². The Hall–Kier alpha value is -5.23. The number of nitrogens with zero attached hydrogens (tertiary/aromatic N) is 6. The molecule has 0 amide bonds. The van der Waals surface area contributed by atoms with Gasteiger partial charge in [-0.15, -0.1) is 0 Å². The summed E-state index contributed by atoms with van der Waals surface area (Å²) in [6.45, 7) is 4.14. The summed E-state index contributed by atoms with van der Waals surface area (Å²) in [4.78, 5) is 24.7. The average Bonchev–Trinajstić information content (AvgIpc) is 3.44. The second-order valence-electron chi connectivity index (χ2n) is 9.61. The highest BCUT2D eigenvalue weighted by molar-refractivity contribution is 5.86. The first-order chi connectivity index (χ1) is 19.1. The van der Waals surface area contributed by atoms with E-state index in [-0.39, 0.29) is 0 Å². The Morgan fingerprint density at radius 1 is 0.564 bits per heavy atom. The first-order valence-corrected chi connectivity index (χ1v) is 12.9. The van der Waals surface area contributed by atoms with E-state index in [1.807, 2.05) is 60.7 Å². The van der Waals surface area contributed by atoms with Gasteiger partial charge in [-0.2, -0.15) is 0 Å². The number of fused-ring (bicyclic) bond motifs is 2. The Balaban J connectivity index is 1.42. The number of pyridine rings is 3. The number of benzene rings is 2. The molecule has 0 atom stereocenters. The molecule has 186 valence electrons. The molecule has 0 aliphatic carbocycles. The van der Waals surface area contributed by atoms with E-state index in [1.165, 1.54) is 0 Å². The molecule has 0 spiro atoms. The summed E-state index contributed by atoms with van der Waals surface area (Å²) in [6, 6.07) is 32.4. The third-order valence-corrected chi connectivity index (χ3v) is 6.88. The lowest BCUT2D eigenvalue weighted by molar-refractivity contribution is 1.09. The number of aromatic nitrogens is 6. The quantitative estimate of drug-likeness (QED) is 0.251. The van der Waals surface area contributed by atoms with Crippen LogP contribution in [0.25, 0.3) is 62.0 Å². The molecule has 6 heteroatoms. The number of hydrogen-bond donors (Lipinski definition) is 0. The van der Waals surface area contributed by atoms with Crippen LogP contribution in [0.1, 0.15) is 11.3 Å². The molecule has 0 saturated heterocycles. The fourth-order valence-electron chi connectivity index (χ4n) is 4.89. The first kappa shape index (κ1) is 22.9. The number of hydrogen-bond acceptors (Lipinski definition) is 5. The molecule has 0 unspecified atom stereocenters. The van der Waals surface area contributed by atoms with Crippen LogP contribution in [0.3, 0.4) is 0 Å². The highest BCUT2D eigenvalue weighted by Gasteiger charge is 2.18. The lowest BCUT2D eigenvalue weighted by Crippen LogP contribution is -2.00. The van der Waals surface area contributed by atoms with E-state index >= 15 is 0 Å². The van der Waals surface area contributed by atoms with Gasteiger partial charge in [-0.1, -0.05) is 48.5 Å². The van der Waals surface area contributed by atoms with Gasteiger partial charge in [0.25, 0.3) is 0 Å². The zero-order valence-corrected chi connectivity index (χ0v) is 21.6. The lowest BCUT2D eigenvalue weighted by Gasteiger charge is -2.11. The van der Waals surface area contributed by atoms with E-state index < -0.39 is 0 Å². The Bertz CT molecular complexity index is 1980. The van der Waals surface area contributed by atoms with Crippen LogP contribution < -0.4 is 0 Å². The molecule has 0 radical (unpaired) electrons. The van der Waals surface area contributed by atoms with Gasteiger partial charge in [-0.05, 0) is 67.9 Å². The van der Waals surface area contributed by atoms with E-state index in [0.29, 0.717) is 11.4 Å². The Labute approximate surface area is 225 Å². The summed E-state index contributed by atoms with van der Waals surface area (Å²) in [5.74, 6) is 0. The molecule has 7 rings (SSSR count). The van der Waals surface area contributed by atoms with Crippen LogP contribution >= 0.6 is 0 Å². The zero-order chi connectivity index (χ0) is 26.3. The topological polar surface area (TPSA) is 68.9 Å². The second kappa shape index (κ2) is 9.26. The van der Waals surface area contributed by atoms with Gasteiger partial charge in [-0.25, -0.2) is 19.9 Å². The summed E-state index contributed by atoms with van der Waals surface area (Å²) in [5.41, 5.74) is 11.4. The van der Waals surface area contributed by atoms with Crippen LogP contribution in [0.2, 0.25) is 0 Å². The Kier molecular flexibility index (Phi) is 5.44. The molecule has 39 heavy (non-hydrogen) atoms. The average molecular weight is 505 g/mol. The van der Waals surface area contributed by atoms with Crippen molar-refractivity contribution in [3.63, 3.8) is 0 Å². The van der Waals surface area contributed by atoms with Crippen molar-refractivity contribution < 1.29 is 0 Å². The van der Waals surface area contributed by atoms with Gasteiger partial charge >= 0.3 is 0 Å². The molecule has 0 bridgehead atoms. The second-order valence-corrected chi connectivity index (χ2v) is 9.61. The molecule has 7 aromatic rings. The van der Waals surface area contributed by atoms with Crippen molar-refractivity contribution >= 4 is 16.7 Å². The lowest BCUT2D eigenvalue weighted by atomic mass is 10.1. The van der Waals surface area contributed by atoms with E-state index in [1.54, 1.807) is 6.20 Å². The molecule has 6 nitrogen and oxygen atoms in total. The van der Waals surface area contributed by atoms with Gasteiger partial charge < -0.3 is 4.40 Å². The van der Waals surface area contributed by atoms with Crippen LogP contribution in [-0.4, -0.2) is 29.3 Å². The SMILES string of the molecule is Cc1ccc2nc(-c3ccccn3)c(-c3cccc(-c4ccc(C)n5cc(-c6ccccc6)nc45)n3)nc2c1. The molecular weight excluding hydrogens is 480 g/mol. The smallest absolute Gasteiger partial charge is 0.147 e. The molecule has 0 fully saturated rings. The van der Waals surface area contributed by atoms with Gasteiger partial charge in [0.1, 0.15) is 17.0 Å². The van der Waals surface area contributed by atoms with E-state index in [4.69, 9.17) is 19.9 Å². The van der Waals surface area contributed by atoms with Crippen molar-refractivity contribution in [2.75, 3.05) is 0 Å². The van der Waals surface area contributed by atoms with Gasteiger partial charge in [0.15, 0.2) is 0 Å². The van der Waals surface area contributed by atoms with Crippen LogP contribution in [0, 0.1) is 13.8 Å². The minimum atomic E-state index is 0.699. The maximum atomic E-state index is 5.11. The van der Waals surface area contributed by atoms with E-state index in [0.717, 1.165) is 61.8 Å². The van der Waals surface area contributed by atoms with Crippen LogP contribution in [0.4, 0.5) is 0 Å². The molecule has 0 aliphatic heterocycles. The Morgan fingerprint density at radius 3 is 2.18 bits per heavy atom. The van der Waals surface area contributed by atoms with Gasteiger partial charge in [0, 0.05) is 29.2 Å². The molecule has 5 heterocycles. The molecule has 0 aliphatic rings. The molecule has 0 saturated carbocycles. The third-order valence-electron chi connectivity index (χ3n) is 6.88. The van der Waals surface area contributed by atoms with Gasteiger partial charge in [-0.3, -0.25) is 4.98 Å². The summed E-state index contributed by atoms with van der Waals surface area (Å²) < 4.78 is 2.13. The van der Waals surface area contributed by atoms with Crippen molar-refractivity contribution in [2.24, 2.45) is 0 Å². The summed E-state index contributed by atoms with van der Waals surface area (Å²) >= 11 is 0. The molecule has 2 aromatic carbocycles. The van der Waals surface area contributed by atoms with Crippen molar-refractivity contribution in [3.05, 3.63) is 121 Å². The van der Waals surface area contributed by atoms with Crippen LogP contribution in [0.15, 0.2) is 109 Å². The van der Waals surface area contributed by atoms with E-state index in [9.17, 15) is 0 Å². The molecular formula is C33H24N6. The summed E-state index contributed by atoms with van der Waals surface area (Å²) in [5, 5.41) is 0. The zero-order valence-electron chi connectivity index (χ0n) is 21.6. The fourth-order valence-corrected chi connectivity index (χ4v) is 4.89. The van der Waals surface area contributed by atoms with Crippen molar-refractivity contribution in [2.45, 2.75) is 13.8 Å². The minimum Gasteiger partial charge on any atom is -0.303 e. The molecule has 0 N–H and O–H groups in total. The predicted octanol–water partition coefficient (Wildman–Crippen LogP) is 7.35. The largest absolute Gasteiger partial charge is 0.303 e. The van der Waals surface area contributed by atoms with Crippen molar-refractivity contribution in [1.82, 2.24) is 29.3 Å². The third kappa shape index (κ3) is 4.12. The monoisotopic (exact) mass is 504 g/mol. The number of imidazole rings is 1. The first-order valence-electron chi connectivity index (χ1n) is 12.9. The normalized spacial score (nSPS) is 11.3. The van der Waals surface area contributed by atoms with Crippen molar-refractivity contribution in [1.29, 1.82) is 0 Å². The maximum Gasteiger partial charge on any atom is 0.147 e. The fraction of sp³-hybridized carbons (Fsp3) is 0.0606. The maximum absolute atomic E-state index is 5.11.